The van der Waals surface area contributed by atoms with Crippen LogP contribution >= 0.6 is 23.1 Å². The van der Waals surface area contributed by atoms with E-state index in [1.807, 2.05) is 25.1 Å². The molecule has 1 aromatic carbocycles. The van der Waals surface area contributed by atoms with E-state index in [0.29, 0.717) is 5.13 Å². The van der Waals surface area contributed by atoms with Crippen molar-refractivity contribution in [2.24, 2.45) is 15.2 Å². The number of rotatable bonds is 9. The van der Waals surface area contributed by atoms with E-state index < -0.39 is 0 Å². The van der Waals surface area contributed by atoms with Crippen LogP contribution in [0.15, 0.2) is 37.8 Å². The second-order valence-corrected chi connectivity index (χ2v) is 7.39. The second-order valence-electron chi connectivity index (χ2n) is 5.09. The van der Waals surface area contributed by atoms with E-state index >= 15 is 0 Å². The SMILES string of the molecule is C=Nc1ccc(N=Nc2nnc(SCCCCCC)s2)c(C)c1. The number of aliphatic imine (C=N–C) groups is 1. The third kappa shape index (κ3) is 5.84. The average molecular weight is 348 g/mol. The molecule has 7 heteroatoms. The zero-order valence-corrected chi connectivity index (χ0v) is 15.2. The van der Waals surface area contributed by atoms with Crippen LogP contribution in [-0.2, 0) is 0 Å². The summed E-state index contributed by atoms with van der Waals surface area (Å²) in [5.74, 6) is 1.08. The number of benzene rings is 1. The summed E-state index contributed by atoms with van der Waals surface area (Å²) in [6, 6.07) is 5.68. The average Bonchev–Trinajstić information content (AvgIpc) is 3.01. The van der Waals surface area contributed by atoms with Crippen LogP contribution in [0.4, 0.5) is 16.5 Å². The lowest BCUT2D eigenvalue weighted by Crippen LogP contribution is -1.80. The summed E-state index contributed by atoms with van der Waals surface area (Å²) >= 11 is 3.23. The first kappa shape index (κ1) is 17.7. The van der Waals surface area contributed by atoms with Gasteiger partial charge in [0, 0.05) is 5.75 Å². The minimum Gasteiger partial charge on any atom is -0.265 e. The Morgan fingerprint density at radius 2 is 2.04 bits per heavy atom. The molecule has 0 N–H and O–H groups in total. The smallest absolute Gasteiger partial charge is 0.252 e. The van der Waals surface area contributed by atoms with Crippen molar-refractivity contribution < 1.29 is 0 Å². The van der Waals surface area contributed by atoms with Crippen molar-refractivity contribution in [3.63, 3.8) is 0 Å². The maximum Gasteiger partial charge on any atom is 0.252 e. The molecule has 0 aliphatic carbocycles. The fraction of sp³-hybridized carbons (Fsp3) is 0.438. The van der Waals surface area contributed by atoms with Crippen LogP contribution in [0.3, 0.4) is 0 Å². The molecule has 0 aliphatic rings. The van der Waals surface area contributed by atoms with Crippen LogP contribution in [0.2, 0.25) is 0 Å². The van der Waals surface area contributed by atoms with Gasteiger partial charge in [0.25, 0.3) is 5.13 Å². The summed E-state index contributed by atoms with van der Waals surface area (Å²) < 4.78 is 0.957. The first-order valence-electron chi connectivity index (χ1n) is 7.68. The zero-order chi connectivity index (χ0) is 16.5. The highest BCUT2D eigenvalue weighted by Gasteiger charge is 2.04. The molecule has 0 saturated heterocycles. The molecule has 0 spiro atoms. The quantitative estimate of drug-likeness (QED) is 0.232. The third-order valence-corrected chi connectivity index (χ3v) is 5.25. The lowest BCUT2D eigenvalue weighted by Gasteiger charge is -1.99. The summed E-state index contributed by atoms with van der Waals surface area (Å²) in [5.41, 5.74) is 2.65. The molecule has 0 bridgehead atoms. The highest BCUT2D eigenvalue weighted by Crippen LogP contribution is 2.30. The number of nitrogens with zero attached hydrogens (tertiary/aromatic N) is 5. The first-order valence-corrected chi connectivity index (χ1v) is 9.48. The molecule has 0 radical (unpaired) electrons. The highest BCUT2D eigenvalue weighted by atomic mass is 32.2. The van der Waals surface area contributed by atoms with Crippen molar-refractivity contribution in [1.82, 2.24) is 10.2 Å². The molecule has 1 heterocycles. The van der Waals surface area contributed by atoms with Gasteiger partial charge in [-0.15, -0.1) is 20.4 Å². The molecule has 0 aliphatic heterocycles. The Bertz CT molecular complexity index is 666. The molecule has 122 valence electrons. The lowest BCUT2D eigenvalue weighted by atomic mass is 10.2. The first-order chi connectivity index (χ1) is 11.2. The van der Waals surface area contributed by atoms with Crippen LogP contribution < -0.4 is 0 Å². The van der Waals surface area contributed by atoms with Gasteiger partial charge in [0.05, 0.1) is 11.4 Å². The monoisotopic (exact) mass is 347 g/mol. The van der Waals surface area contributed by atoms with Crippen LogP contribution in [0.1, 0.15) is 38.2 Å². The van der Waals surface area contributed by atoms with Crippen molar-refractivity contribution in [2.75, 3.05) is 5.75 Å². The molecule has 0 atom stereocenters. The Kier molecular flexibility index (Phi) is 7.35. The summed E-state index contributed by atoms with van der Waals surface area (Å²) in [7, 11) is 0. The van der Waals surface area contributed by atoms with Gasteiger partial charge >= 0.3 is 0 Å². The van der Waals surface area contributed by atoms with Crippen molar-refractivity contribution in [1.29, 1.82) is 0 Å². The van der Waals surface area contributed by atoms with Gasteiger partial charge in [-0.3, -0.25) is 4.99 Å². The van der Waals surface area contributed by atoms with Crippen molar-refractivity contribution in [2.45, 2.75) is 43.9 Å². The number of hydrogen-bond acceptors (Lipinski definition) is 7. The standard InChI is InChI=1S/C16H21N5S2/c1-4-5-6-7-10-22-16-21-20-15(23-16)19-18-14-9-8-13(17-3)11-12(14)2/h8-9,11H,3-7,10H2,1-2H3. The fourth-order valence-corrected chi connectivity index (χ4v) is 3.67. The predicted octanol–water partition coefficient (Wildman–Crippen LogP) is 6.27. The third-order valence-electron chi connectivity index (χ3n) is 3.23. The Morgan fingerprint density at radius 3 is 2.78 bits per heavy atom. The fourth-order valence-electron chi connectivity index (χ4n) is 1.94. The van der Waals surface area contributed by atoms with Gasteiger partial charge in [0.2, 0.25) is 0 Å². The Balaban J connectivity index is 1.89. The number of hydrogen-bond donors (Lipinski definition) is 0. The van der Waals surface area contributed by atoms with Crippen LogP contribution in [0.5, 0.6) is 0 Å². The van der Waals surface area contributed by atoms with Crippen LogP contribution in [0.25, 0.3) is 0 Å². The molecule has 0 unspecified atom stereocenters. The molecule has 23 heavy (non-hydrogen) atoms. The Labute approximate surface area is 145 Å². The van der Waals surface area contributed by atoms with E-state index in [9.17, 15) is 0 Å². The van der Waals surface area contributed by atoms with E-state index in [4.69, 9.17) is 0 Å². The van der Waals surface area contributed by atoms with E-state index in [1.54, 1.807) is 11.8 Å². The molecule has 5 nitrogen and oxygen atoms in total. The number of aryl methyl sites for hydroxylation is 1. The minimum atomic E-state index is 0.589. The predicted molar refractivity (Wildman–Crippen MR) is 99.3 cm³/mol. The zero-order valence-electron chi connectivity index (χ0n) is 13.5. The minimum absolute atomic E-state index is 0.589. The molecule has 2 rings (SSSR count). The topological polar surface area (TPSA) is 62.9 Å². The van der Waals surface area contributed by atoms with Gasteiger partial charge in [-0.05, 0) is 43.8 Å². The molecule has 0 saturated carbocycles. The number of azo groups is 1. The molecule has 0 amide bonds. The molecule has 2 aromatic rings. The Morgan fingerprint density at radius 1 is 1.17 bits per heavy atom. The van der Waals surface area contributed by atoms with Gasteiger partial charge in [0.15, 0.2) is 4.34 Å². The maximum atomic E-state index is 4.25. The summed E-state index contributed by atoms with van der Waals surface area (Å²) in [6.07, 6.45) is 5.06. The highest BCUT2D eigenvalue weighted by molar-refractivity contribution is 8.01. The number of thioether (sulfide) groups is 1. The van der Waals surface area contributed by atoms with E-state index in [1.165, 1.54) is 37.0 Å². The summed E-state index contributed by atoms with van der Waals surface area (Å²) in [5, 5.41) is 17.2. The molecule has 1 aromatic heterocycles. The van der Waals surface area contributed by atoms with E-state index in [2.05, 4.69) is 39.1 Å². The van der Waals surface area contributed by atoms with Gasteiger partial charge in [-0.2, -0.15) is 0 Å². The summed E-state index contributed by atoms with van der Waals surface area (Å²) in [4.78, 5) is 3.90. The van der Waals surface area contributed by atoms with Crippen molar-refractivity contribution in [3.8, 4) is 0 Å². The molecular formula is C16H21N5S2. The number of unbranched alkanes of at least 4 members (excludes halogenated alkanes) is 3. The second kappa shape index (κ2) is 9.52. The van der Waals surface area contributed by atoms with E-state index in [-0.39, 0.29) is 0 Å². The van der Waals surface area contributed by atoms with Gasteiger partial charge in [0.1, 0.15) is 0 Å². The largest absolute Gasteiger partial charge is 0.265 e. The van der Waals surface area contributed by atoms with Crippen molar-refractivity contribution in [3.05, 3.63) is 23.8 Å². The van der Waals surface area contributed by atoms with Gasteiger partial charge in [-0.1, -0.05) is 49.3 Å². The van der Waals surface area contributed by atoms with Crippen LogP contribution in [0, 0.1) is 6.92 Å². The van der Waals surface area contributed by atoms with Gasteiger partial charge < -0.3 is 0 Å². The van der Waals surface area contributed by atoms with Crippen LogP contribution in [-0.4, -0.2) is 22.7 Å². The maximum absolute atomic E-state index is 4.25. The number of aromatic nitrogens is 2. The molecular weight excluding hydrogens is 326 g/mol. The normalized spacial score (nSPS) is 11.2. The lowest BCUT2D eigenvalue weighted by molar-refractivity contribution is 0.706. The summed E-state index contributed by atoms with van der Waals surface area (Å²) in [6.45, 7) is 7.71. The molecule has 0 fully saturated rings. The van der Waals surface area contributed by atoms with Crippen molar-refractivity contribution >= 4 is 46.3 Å². The Hall–Kier alpha value is -1.60. The van der Waals surface area contributed by atoms with Gasteiger partial charge in [-0.25, -0.2) is 0 Å². The van der Waals surface area contributed by atoms with E-state index in [0.717, 1.165) is 27.0 Å².